The highest BCUT2D eigenvalue weighted by Crippen LogP contribution is 2.25. The van der Waals surface area contributed by atoms with Gasteiger partial charge in [0, 0.05) is 6.54 Å². The molecule has 0 bridgehead atoms. The molecule has 11 heteroatoms. The van der Waals surface area contributed by atoms with E-state index in [9.17, 15) is 19.5 Å². The van der Waals surface area contributed by atoms with E-state index in [0.29, 0.717) is 19.8 Å². The third kappa shape index (κ3) is 11.7. The van der Waals surface area contributed by atoms with Crippen LogP contribution in [-0.4, -0.2) is 87.2 Å². The Morgan fingerprint density at radius 2 is 0.956 bits per heavy atom. The fourth-order valence-electron chi connectivity index (χ4n) is 4.22. The standard InChI is InChI=1S/C34H41NO10/c1-24(2)28(43-31(36)25-12-6-3-7-13-25)29(44-32(37)26-14-8-4-9-15-26)30(45-33(38)27-16-10-5-11-17-27)34(39)42-23-22-41-21-20-40-19-18-35/h3-17,24,28-30,34,39H,18-23,35H2,1-2H3/t28-,29?,30?,34-/m1/s1. The second kappa shape index (κ2) is 19.3. The molecule has 0 saturated carbocycles. The van der Waals surface area contributed by atoms with Crippen LogP contribution in [0, 0.1) is 5.92 Å². The predicted octanol–water partition coefficient (Wildman–Crippen LogP) is 3.65. The SMILES string of the molecule is CC(C)[C@@H](OC(=O)c1ccccc1)C(OC(=O)c1ccccc1)C(OC(=O)c1ccccc1)[C@H](O)OCCOCCOCCN. The zero-order chi connectivity index (χ0) is 32.4. The monoisotopic (exact) mass is 623 g/mol. The van der Waals surface area contributed by atoms with Crippen LogP contribution in [0.25, 0.3) is 0 Å². The first kappa shape index (κ1) is 35.4. The number of carbonyl (C=O) groups excluding carboxylic acids is 3. The molecule has 3 aromatic rings. The van der Waals surface area contributed by atoms with Crippen molar-refractivity contribution < 1.29 is 47.9 Å². The molecule has 0 heterocycles. The van der Waals surface area contributed by atoms with E-state index in [1.807, 2.05) is 0 Å². The van der Waals surface area contributed by atoms with Crippen LogP contribution < -0.4 is 5.73 Å². The van der Waals surface area contributed by atoms with Crippen molar-refractivity contribution >= 4 is 17.9 Å². The highest BCUT2D eigenvalue weighted by Gasteiger charge is 2.44. The summed E-state index contributed by atoms with van der Waals surface area (Å²) < 4.78 is 33.9. The average molecular weight is 624 g/mol. The van der Waals surface area contributed by atoms with E-state index < -0.39 is 48.4 Å². The van der Waals surface area contributed by atoms with Crippen molar-refractivity contribution in [1.29, 1.82) is 0 Å². The number of aliphatic hydroxyl groups is 1. The van der Waals surface area contributed by atoms with Crippen LogP contribution >= 0.6 is 0 Å². The maximum atomic E-state index is 13.4. The Morgan fingerprint density at radius 1 is 0.578 bits per heavy atom. The molecule has 242 valence electrons. The predicted molar refractivity (Wildman–Crippen MR) is 164 cm³/mol. The molecule has 4 atom stereocenters. The molecular formula is C34H41NO10. The van der Waals surface area contributed by atoms with Crippen molar-refractivity contribution in [3.05, 3.63) is 108 Å². The molecule has 0 saturated heterocycles. The number of aliphatic hydroxyl groups excluding tert-OH is 1. The van der Waals surface area contributed by atoms with Gasteiger partial charge in [-0.05, 0) is 42.3 Å². The van der Waals surface area contributed by atoms with Gasteiger partial charge in [0.1, 0.15) is 6.10 Å². The Hall–Kier alpha value is -4.13. The number of ether oxygens (including phenoxy) is 6. The summed E-state index contributed by atoms with van der Waals surface area (Å²) in [5.74, 6) is -2.75. The smallest absolute Gasteiger partial charge is 0.338 e. The molecule has 2 unspecified atom stereocenters. The summed E-state index contributed by atoms with van der Waals surface area (Å²) in [5.41, 5.74) is 6.05. The minimum atomic E-state index is -1.81. The van der Waals surface area contributed by atoms with Crippen molar-refractivity contribution in [2.45, 2.75) is 38.4 Å². The molecule has 3 aromatic carbocycles. The summed E-state index contributed by atoms with van der Waals surface area (Å²) in [6, 6.07) is 24.5. The summed E-state index contributed by atoms with van der Waals surface area (Å²) in [5, 5.41) is 11.3. The minimum Gasteiger partial charge on any atom is -0.454 e. The van der Waals surface area contributed by atoms with Gasteiger partial charge in [-0.2, -0.15) is 0 Å². The Kier molecular flexibility index (Phi) is 15.2. The normalized spacial score (nSPS) is 13.8. The fraction of sp³-hybridized carbons (Fsp3) is 0.382. The molecule has 3 rings (SSSR count). The van der Waals surface area contributed by atoms with Crippen molar-refractivity contribution in [2.75, 3.05) is 39.6 Å². The number of hydrogen-bond donors (Lipinski definition) is 2. The number of rotatable bonds is 19. The van der Waals surface area contributed by atoms with Gasteiger partial charge < -0.3 is 39.3 Å². The number of esters is 3. The van der Waals surface area contributed by atoms with Gasteiger partial charge in [-0.25, -0.2) is 14.4 Å². The van der Waals surface area contributed by atoms with Crippen LogP contribution in [-0.2, 0) is 28.4 Å². The van der Waals surface area contributed by atoms with Crippen LogP contribution in [0.15, 0.2) is 91.0 Å². The van der Waals surface area contributed by atoms with Gasteiger partial charge in [0.05, 0.1) is 49.7 Å². The van der Waals surface area contributed by atoms with E-state index in [2.05, 4.69) is 0 Å². The van der Waals surface area contributed by atoms with Gasteiger partial charge in [0.25, 0.3) is 0 Å². The van der Waals surface area contributed by atoms with E-state index in [-0.39, 0.29) is 36.5 Å². The molecular weight excluding hydrogens is 582 g/mol. The second-order valence-electron chi connectivity index (χ2n) is 10.2. The van der Waals surface area contributed by atoms with Crippen LogP contribution in [0.4, 0.5) is 0 Å². The lowest BCUT2D eigenvalue weighted by Gasteiger charge is -2.36. The van der Waals surface area contributed by atoms with Crippen LogP contribution in [0.1, 0.15) is 44.9 Å². The number of hydrogen-bond acceptors (Lipinski definition) is 11. The molecule has 3 N–H and O–H groups in total. The largest absolute Gasteiger partial charge is 0.454 e. The first-order valence-electron chi connectivity index (χ1n) is 14.7. The van der Waals surface area contributed by atoms with Gasteiger partial charge in [-0.3, -0.25) is 0 Å². The Morgan fingerprint density at radius 3 is 1.38 bits per heavy atom. The second-order valence-corrected chi connectivity index (χ2v) is 10.2. The highest BCUT2D eigenvalue weighted by atomic mass is 16.7. The molecule has 0 aliphatic heterocycles. The molecule has 0 spiro atoms. The maximum absolute atomic E-state index is 13.4. The van der Waals surface area contributed by atoms with E-state index in [1.54, 1.807) is 92.7 Å². The summed E-state index contributed by atoms with van der Waals surface area (Å²) in [7, 11) is 0. The van der Waals surface area contributed by atoms with Crippen molar-refractivity contribution in [1.82, 2.24) is 0 Å². The van der Waals surface area contributed by atoms with Crippen molar-refractivity contribution in [2.24, 2.45) is 11.7 Å². The van der Waals surface area contributed by atoms with Crippen molar-refractivity contribution in [3.63, 3.8) is 0 Å². The number of benzene rings is 3. The first-order valence-corrected chi connectivity index (χ1v) is 14.7. The highest BCUT2D eigenvalue weighted by molar-refractivity contribution is 5.91. The topological polar surface area (TPSA) is 153 Å². The minimum absolute atomic E-state index is 0.0769. The van der Waals surface area contributed by atoms with Gasteiger partial charge in [-0.15, -0.1) is 0 Å². The average Bonchev–Trinajstić information content (AvgIpc) is 3.07. The summed E-state index contributed by atoms with van der Waals surface area (Å²) in [6.45, 7) is 4.87. The quantitative estimate of drug-likeness (QED) is 0.0871. The van der Waals surface area contributed by atoms with E-state index in [0.717, 1.165) is 0 Å². The molecule has 0 fully saturated rings. The first-order chi connectivity index (χ1) is 21.8. The van der Waals surface area contributed by atoms with Gasteiger partial charge in [-0.1, -0.05) is 68.4 Å². The lowest BCUT2D eigenvalue weighted by atomic mass is 9.96. The van der Waals surface area contributed by atoms with Gasteiger partial charge in [0.15, 0.2) is 18.5 Å². The zero-order valence-corrected chi connectivity index (χ0v) is 25.5. The fourth-order valence-corrected chi connectivity index (χ4v) is 4.22. The lowest BCUT2D eigenvalue weighted by Crippen LogP contribution is -2.53. The van der Waals surface area contributed by atoms with E-state index in [4.69, 9.17) is 34.2 Å². The molecule has 0 aliphatic rings. The maximum Gasteiger partial charge on any atom is 0.338 e. The number of nitrogens with two attached hydrogens (primary N) is 1. The molecule has 0 radical (unpaired) electrons. The van der Waals surface area contributed by atoms with Crippen LogP contribution in [0.3, 0.4) is 0 Å². The van der Waals surface area contributed by atoms with E-state index in [1.165, 1.54) is 12.1 Å². The summed E-state index contributed by atoms with van der Waals surface area (Å²) >= 11 is 0. The molecule has 0 amide bonds. The third-order valence-corrected chi connectivity index (χ3v) is 6.49. The number of carbonyl (C=O) groups is 3. The summed E-state index contributed by atoms with van der Waals surface area (Å²) in [6.07, 6.45) is -6.08. The van der Waals surface area contributed by atoms with E-state index >= 15 is 0 Å². The van der Waals surface area contributed by atoms with Crippen molar-refractivity contribution in [3.8, 4) is 0 Å². The van der Waals surface area contributed by atoms with Gasteiger partial charge in [0.2, 0.25) is 0 Å². The molecule has 11 nitrogen and oxygen atoms in total. The Bertz CT molecular complexity index is 1290. The molecule has 45 heavy (non-hydrogen) atoms. The Labute approximate surface area is 263 Å². The molecule has 0 aromatic heterocycles. The molecule has 0 aliphatic carbocycles. The third-order valence-electron chi connectivity index (χ3n) is 6.49. The Balaban J connectivity index is 1.91. The lowest BCUT2D eigenvalue weighted by molar-refractivity contribution is -0.210. The van der Waals surface area contributed by atoms with Crippen LogP contribution in [0.5, 0.6) is 0 Å². The summed E-state index contributed by atoms with van der Waals surface area (Å²) in [4.78, 5) is 39.8. The van der Waals surface area contributed by atoms with Crippen LogP contribution in [0.2, 0.25) is 0 Å². The zero-order valence-electron chi connectivity index (χ0n) is 25.5. The van der Waals surface area contributed by atoms with Gasteiger partial charge >= 0.3 is 17.9 Å².